The maximum Gasteiger partial charge on any atom is 0.309 e. The molecule has 0 bridgehead atoms. The number of amides is 1. The number of hydrogen-bond acceptors (Lipinski definition) is 3. The van der Waals surface area contributed by atoms with Crippen LogP contribution in [0.2, 0.25) is 0 Å². The van der Waals surface area contributed by atoms with Crippen LogP contribution in [-0.4, -0.2) is 33.7 Å². The monoisotopic (exact) mass is 379 g/mol. The van der Waals surface area contributed by atoms with Crippen LogP contribution in [0.5, 0.6) is 0 Å². The van der Waals surface area contributed by atoms with Crippen molar-refractivity contribution in [3.63, 3.8) is 0 Å². The van der Waals surface area contributed by atoms with Gasteiger partial charge in [0.05, 0.1) is 9.89 Å². The Morgan fingerprint density at radius 2 is 1.96 bits per heavy atom. The Morgan fingerprint density at radius 3 is 2.57 bits per heavy atom. The van der Waals surface area contributed by atoms with Crippen molar-refractivity contribution in [1.29, 1.82) is 0 Å². The number of hydrogen-bond donors (Lipinski definition) is 3. The largest absolute Gasteiger partial charge is 0.481 e. The normalized spacial score (nSPS) is 11.3. The first kappa shape index (κ1) is 17.2. The number of H-pyrrole nitrogens is 1. The number of carboxylic acid groups (broad SMARTS) is 1. The van der Waals surface area contributed by atoms with Gasteiger partial charge in [-0.05, 0) is 36.2 Å². The number of nitrogens with one attached hydrogen (secondary N) is 2. The van der Waals surface area contributed by atoms with E-state index in [2.05, 4.69) is 31.4 Å². The Morgan fingerprint density at radius 1 is 1.30 bits per heavy atom. The molecular weight excluding hydrogens is 362 g/mol. The third kappa shape index (κ3) is 3.98. The molecule has 2 rings (SSSR count). The number of carbonyl (C=O) groups excluding carboxylic acids is 1. The Bertz CT molecular complexity index is 711. The molecule has 1 aromatic heterocycles. The van der Waals surface area contributed by atoms with E-state index in [1.54, 1.807) is 13.8 Å². The molecule has 0 saturated heterocycles. The van der Waals surface area contributed by atoms with E-state index in [-0.39, 0.29) is 12.5 Å². The van der Waals surface area contributed by atoms with Crippen molar-refractivity contribution in [2.45, 2.75) is 20.3 Å². The van der Waals surface area contributed by atoms with E-state index in [0.717, 1.165) is 5.56 Å². The Hall–Kier alpha value is -2.15. The number of carboxylic acids is 1. The lowest BCUT2D eigenvalue weighted by Gasteiger charge is -2.18. The van der Waals surface area contributed by atoms with Gasteiger partial charge in [0.2, 0.25) is 0 Å². The van der Waals surface area contributed by atoms with Crippen LogP contribution in [0.15, 0.2) is 34.8 Å². The number of aromatic amines is 1. The number of carbonyl (C=O) groups is 2. The first-order chi connectivity index (χ1) is 10.8. The summed E-state index contributed by atoms with van der Waals surface area (Å²) in [4.78, 5) is 23.3. The summed E-state index contributed by atoms with van der Waals surface area (Å²) < 4.78 is 0.582. The minimum Gasteiger partial charge on any atom is -0.481 e. The van der Waals surface area contributed by atoms with E-state index in [1.807, 2.05) is 30.3 Å². The fourth-order valence-electron chi connectivity index (χ4n) is 1.95. The first-order valence-corrected chi connectivity index (χ1v) is 7.93. The number of rotatable bonds is 6. The molecule has 0 aliphatic heterocycles. The van der Waals surface area contributed by atoms with Gasteiger partial charge < -0.3 is 10.4 Å². The van der Waals surface area contributed by atoms with Crippen LogP contribution in [0.3, 0.4) is 0 Å². The van der Waals surface area contributed by atoms with Gasteiger partial charge in [0.1, 0.15) is 11.4 Å². The van der Waals surface area contributed by atoms with Crippen molar-refractivity contribution < 1.29 is 14.7 Å². The molecule has 1 heterocycles. The van der Waals surface area contributed by atoms with E-state index in [1.165, 1.54) is 0 Å². The van der Waals surface area contributed by atoms with Crippen molar-refractivity contribution in [1.82, 2.24) is 15.5 Å². The van der Waals surface area contributed by atoms with E-state index in [4.69, 9.17) is 5.11 Å². The summed E-state index contributed by atoms with van der Waals surface area (Å²) in [5.41, 5.74) is 0.980. The molecule has 0 aliphatic rings. The van der Waals surface area contributed by atoms with Crippen molar-refractivity contribution in [2.75, 3.05) is 6.54 Å². The van der Waals surface area contributed by atoms with Crippen LogP contribution in [-0.2, 0) is 4.79 Å². The van der Waals surface area contributed by atoms with Gasteiger partial charge in [-0.15, -0.1) is 0 Å². The standard InChI is InChI=1S/C16H18BrN3O3/c1-16(2,15(22)23)8-9-18-14(21)13-11(17)12(19-20-13)10-6-4-3-5-7-10/h3-7H,8-9H2,1-2H3,(H,18,21)(H,19,20)(H,22,23). The summed E-state index contributed by atoms with van der Waals surface area (Å²) in [6.45, 7) is 3.52. The average molecular weight is 380 g/mol. The quantitative estimate of drug-likeness (QED) is 0.718. The lowest BCUT2D eigenvalue weighted by molar-refractivity contribution is -0.147. The molecule has 3 N–H and O–H groups in total. The molecule has 0 saturated carbocycles. The molecule has 122 valence electrons. The summed E-state index contributed by atoms with van der Waals surface area (Å²) in [6.07, 6.45) is 0.339. The molecule has 7 heteroatoms. The zero-order valence-corrected chi connectivity index (χ0v) is 14.5. The summed E-state index contributed by atoms with van der Waals surface area (Å²) >= 11 is 3.39. The maximum atomic E-state index is 12.2. The van der Waals surface area contributed by atoms with E-state index in [0.29, 0.717) is 22.3 Å². The molecule has 1 aromatic carbocycles. The number of aliphatic carboxylic acids is 1. The van der Waals surface area contributed by atoms with Gasteiger partial charge in [-0.3, -0.25) is 14.7 Å². The van der Waals surface area contributed by atoms with Gasteiger partial charge in [0.15, 0.2) is 0 Å². The van der Waals surface area contributed by atoms with E-state index >= 15 is 0 Å². The number of halogens is 1. The molecule has 0 aliphatic carbocycles. The molecule has 0 spiro atoms. The minimum atomic E-state index is -0.888. The molecule has 2 aromatic rings. The fourth-order valence-corrected chi connectivity index (χ4v) is 2.54. The van der Waals surface area contributed by atoms with Gasteiger partial charge in [0.25, 0.3) is 5.91 Å². The van der Waals surface area contributed by atoms with Crippen molar-refractivity contribution in [2.24, 2.45) is 5.41 Å². The molecule has 0 fully saturated rings. The van der Waals surface area contributed by atoms with Crippen molar-refractivity contribution >= 4 is 27.8 Å². The zero-order chi connectivity index (χ0) is 17.0. The second kappa shape index (κ2) is 6.95. The second-order valence-corrected chi connectivity index (χ2v) is 6.62. The Labute approximate surface area is 142 Å². The van der Waals surface area contributed by atoms with E-state index in [9.17, 15) is 9.59 Å². The highest BCUT2D eigenvalue weighted by Gasteiger charge is 2.27. The molecule has 0 unspecified atom stereocenters. The van der Waals surface area contributed by atoms with Crippen LogP contribution < -0.4 is 5.32 Å². The predicted octanol–water partition coefficient (Wildman–Crippen LogP) is 3.07. The lowest BCUT2D eigenvalue weighted by atomic mass is 9.90. The molecule has 0 atom stereocenters. The van der Waals surface area contributed by atoms with Crippen LogP contribution in [0.4, 0.5) is 0 Å². The highest BCUT2D eigenvalue weighted by atomic mass is 79.9. The van der Waals surface area contributed by atoms with Gasteiger partial charge in [-0.25, -0.2) is 0 Å². The first-order valence-electron chi connectivity index (χ1n) is 7.14. The van der Waals surface area contributed by atoms with Crippen LogP contribution in [0.1, 0.15) is 30.8 Å². The predicted molar refractivity (Wildman–Crippen MR) is 90.1 cm³/mol. The van der Waals surface area contributed by atoms with Gasteiger partial charge in [-0.2, -0.15) is 5.10 Å². The number of aromatic nitrogens is 2. The van der Waals surface area contributed by atoms with Gasteiger partial charge in [0, 0.05) is 12.1 Å². The van der Waals surface area contributed by atoms with Crippen LogP contribution in [0.25, 0.3) is 11.3 Å². The van der Waals surface area contributed by atoms with Crippen molar-refractivity contribution in [3.05, 3.63) is 40.5 Å². The summed E-state index contributed by atoms with van der Waals surface area (Å²) in [5, 5.41) is 18.7. The molecular formula is C16H18BrN3O3. The molecule has 6 nitrogen and oxygen atoms in total. The van der Waals surface area contributed by atoms with Gasteiger partial charge >= 0.3 is 5.97 Å². The Kier molecular flexibility index (Phi) is 5.20. The minimum absolute atomic E-state index is 0.268. The van der Waals surface area contributed by atoms with Gasteiger partial charge in [-0.1, -0.05) is 30.3 Å². The topological polar surface area (TPSA) is 95.1 Å². The highest BCUT2D eigenvalue weighted by molar-refractivity contribution is 9.10. The SMILES string of the molecule is CC(C)(CCNC(=O)c1[nH]nc(-c2ccccc2)c1Br)C(=O)O. The summed E-state index contributed by atoms with van der Waals surface area (Å²) in [6, 6.07) is 9.49. The van der Waals surface area contributed by atoms with Crippen LogP contribution >= 0.6 is 15.9 Å². The zero-order valence-electron chi connectivity index (χ0n) is 12.9. The van der Waals surface area contributed by atoms with Crippen molar-refractivity contribution in [3.8, 4) is 11.3 Å². The molecule has 1 amide bonds. The smallest absolute Gasteiger partial charge is 0.309 e. The lowest BCUT2D eigenvalue weighted by Crippen LogP contribution is -2.32. The second-order valence-electron chi connectivity index (χ2n) is 5.82. The molecule has 0 radical (unpaired) electrons. The average Bonchev–Trinajstić information content (AvgIpc) is 2.89. The number of benzene rings is 1. The highest BCUT2D eigenvalue weighted by Crippen LogP contribution is 2.28. The summed E-state index contributed by atoms with van der Waals surface area (Å²) in [7, 11) is 0. The van der Waals surface area contributed by atoms with Crippen LogP contribution in [0, 0.1) is 5.41 Å². The fraction of sp³-hybridized carbons (Fsp3) is 0.312. The van der Waals surface area contributed by atoms with E-state index < -0.39 is 11.4 Å². The third-order valence-corrected chi connectivity index (χ3v) is 4.37. The number of nitrogens with zero attached hydrogens (tertiary/aromatic N) is 1. The maximum absolute atomic E-state index is 12.2. The third-order valence-electron chi connectivity index (χ3n) is 3.60. The molecule has 23 heavy (non-hydrogen) atoms. The Balaban J connectivity index is 2.04. The summed E-state index contributed by atoms with van der Waals surface area (Å²) in [5.74, 6) is -1.21.